The van der Waals surface area contributed by atoms with E-state index in [1.165, 1.54) is 4.90 Å². The highest BCUT2D eigenvalue weighted by Gasteiger charge is 2.30. The molecule has 2 rings (SSSR count). The van der Waals surface area contributed by atoms with E-state index >= 15 is 0 Å². The maximum atomic E-state index is 12.3. The van der Waals surface area contributed by atoms with Gasteiger partial charge in [-0.1, -0.05) is 13.3 Å². The number of carbonyl (C=O) groups excluding carboxylic acids is 2. The van der Waals surface area contributed by atoms with Crippen LogP contribution in [0.25, 0.3) is 0 Å². The third-order valence-electron chi connectivity index (χ3n) is 3.92. The van der Waals surface area contributed by atoms with Gasteiger partial charge in [-0.2, -0.15) is 0 Å². The molecule has 0 N–H and O–H groups in total. The fraction of sp³-hybridized carbons (Fsp3) is 0.467. The molecule has 0 spiro atoms. The molecule has 1 aliphatic rings. The van der Waals surface area contributed by atoms with Gasteiger partial charge < -0.3 is 4.90 Å². The molecule has 2 atom stereocenters. The van der Waals surface area contributed by atoms with Crippen LogP contribution in [0.5, 0.6) is 0 Å². The molecular formula is C15H19NO2. The van der Waals surface area contributed by atoms with Crippen molar-refractivity contribution in [1.82, 2.24) is 0 Å². The van der Waals surface area contributed by atoms with Crippen molar-refractivity contribution >= 4 is 17.9 Å². The minimum atomic E-state index is 0.180. The molecule has 1 amide bonds. The summed E-state index contributed by atoms with van der Waals surface area (Å²) < 4.78 is 0. The highest BCUT2D eigenvalue weighted by molar-refractivity contribution is 5.98. The zero-order valence-electron chi connectivity index (χ0n) is 10.9. The third kappa shape index (κ3) is 2.45. The Bertz CT molecular complexity index is 438. The lowest BCUT2D eigenvalue weighted by atomic mass is 9.89. The van der Waals surface area contributed by atoms with Crippen LogP contribution in [-0.2, 0) is 4.79 Å². The molecule has 0 aliphatic heterocycles. The minimum Gasteiger partial charge on any atom is -0.318 e. The van der Waals surface area contributed by atoms with Crippen LogP contribution in [0.1, 0.15) is 36.5 Å². The van der Waals surface area contributed by atoms with E-state index in [1.807, 2.05) is 24.3 Å². The minimum absolute atomic E-state index is 0.180. The maximum absolute atomic E-state index is 12.3. The van der Waals surface area contributed by atoms with E-state index in [9.17, 15) is 9.59 Å². The molecule has 0 aromatic heterocycles. The van der Waals surface area contributed by atoms with Crippen LogP contribution in [0.3, 0.4) is 0 Å². The summed E-state index contributed by atoms with van der Waals surface area (Å²) in [7, 11) is 1.70. The predicted molar refractivity (Wildman–Crippen MR) is 71.7 cm³/mol. The van der Waals surface area contributed by atoms with E-state index in [0.29, 0.717) is 5.92 Å². The number of ketones is 1. The number of carbonyl (C=O) groups is 2. The second-order valence-corrected chi connectivity index (χ2v) is 5.14. The van der Waals surface area contributed by atoms with Gasteiger partial charge in [0.05, 0.1) is 0 Å². The van der Waals surface area contributed by atoms with Gasteiger partial charge in [0, 0.05) is 24.2 Å². The number of anilines is 1. The summed E-state index contributed by atoms with van der Waals surface area (Å²) in [5.41, 5.74) is 1.57. The molecule has 1 aliphatic carbocycles. The number of amides is 1. The molecular weight excluding hydrogens is 226 g/mol. The van der Waals surface area contributed by atoms with Gasteiger partial charge in [0.2, 0.25) is 6.41 Å². The third-order valence-corrected chi connectivity index (χ3v) is 3.92. The van der Waals surface area contributed by atoms with Crippen molar-refractivity contribution < 1.29 is 9.59 Å². The highest BCUT2D eigenvalue weighted by Crippen LogP contribution is 2.33. The Morgan fingerprint density at radius 1 is 1.28 bits per heavy atom. The van der Waals surface area contributed by atoms with Crippen LogP contribution in [0, 0.1) is 11.8 Å². The van der Waals surface area contributed by atoms with Crippen molar-refractivity contribution in [3.05, 3.63) is 29.8 Å². The Kier molecular flexibility index (Phi) is 3.80. The van der Waals surface area contributed by atoms with Gasteiger partial charge in [0.1, 0.15) is 0 Å². The number of benzene rings is 1. The van der Waals surface area contributed by atoms with Gasteiger partial charge in [0.15, 0.2) is 5.78 Å². The molecule has 0 radical (unpaired) electrons. The van der Waals surface area contributed by atoms with Crippen LogP contribution in [0.2, 0.25) is 0 Å². The van der Waals surface area contributed by atoms with Crippen molar-refractivity contribution in [1.29, 1.82) is 0 Å². The summed E-state index contributed by atoms with van der Waals surface area (Å²) >= 11 is 0. The Labute approximate surface area is 108 Å². The molecule has 2 unspecified atom stereocenters. The van der Waals surface area contributed by atoms with E-state index in [2.05, 4.69) is 6.92 Å². The van der Waals surface area contributed by atoms with Gasteiger partial charge in [-0.05, 0) is 43.0 Å². The SMILES string of the molecule is CC1CCCC1C(=O)c1ccc(N(C)C=O)cc1. The van der Waals surface area contributed by atoms with Crippen LogP contribution >= 0.6 is 0 Å². The summed E-state index contributed by atoms with van der Waals surface area (Å²) in [6.45, 7) is 2.16. The molecule has 0 heterocycles. The zero-order chi connectivity index (χ0) is 13.1. The van der Waals surface area contributed by atoms with Crippen molar-refractivity contribution in [3.63, 3.8) is 0 Å². The topological polar surface area (TPSA) is 37.4 Å². The lowest BCUT2D eigenvalue weighted by Crippen LogP contribution is -2.18. The van der Waals surface area contributed by atoms with Crippen LogP contribution in [0.15, 0.2) is 24.3 Å². The van der Waals surface area contributed by atoms with E-state index in [0.717, 1.165) is 36.9 Å². The molecule has 18 heavy (non-hydrogen) atoms. The lowest BCUT2D eigenvalue weighted by molar-refractivity contribution is -0.107. The van der Waals surface area contributed by atoms with Crippen molar-refractivity contribution in [2.24, 2.45) is 11.8 Å². The first-order valence-corrected chi connectivity index (χ1v) is 6.46. The quantitative estimate of drug-likeness (QED) is 0.604. The zero-order valence-corrected chi connectivity index (χ0v) is 10.9. The molecule has 96 valence electrons. The van der Waals surface area contributed by atoms with Crippen molar-refractivity contribution in [3.8, 4) is 0 Å². The largest absolute Gasteiger partial charge is 0.318 e. The number of hydrogen-bond donors (Lipinski definition) is 0. The number of rotatable bonds is 4. The Morgan fingerprint density at radius 3 is 2.44 bits per heavy atom. The fourth-order valence-electron chi connectivity index (χ4n) is 2.67. The second kappa shape index (κ2) is 5.34. The Balaban J connectivity index is 2.14. The van der Waals surface area contributed by atoms with Gasteiger partial charge in [-0.25, -0.2) is 0 Å². The molecule has 1 fully saturated rings. The molecule has 3 nitrogen and oxygen atoms in total. The monoisotopic (exact) mass is 245 g/mol. The summed E-state index contributed by atoms with van der Waals surface area (Å²) in [6.07, 6.45) is 4.08. The first-order valence-electron chi connectivity index (χ1n) is 6.46. The lowest BCUT2D eigenvalue weighted by Gasteiger charge is -2.15. The fourth-order valence-corrected chi connectivity index (χ4v) is 2.67. The average Bonchev–Trinajstić information content (AvgIpc) is 2.83. The number of hydrogen-bond acceptors (Lipinski definition) is 2. The molecule has 0 saturated heterocycles. The Hall–Kier alpha value is -1.64. The average molecular weight is 245 g/mol. The van der Waals surface area contributed by atoms with Crippen molar-refractivity contribution in [2.75, 3.05) is 11.9 Å². The molecule has 1 aromatic rings. The van der Waals surface area contributed by atoms with Crippen LogP contribution in [-0.4, -0.2) is 19.2 Å². The first kappa shape index (κ1) is 12.8. The van der Waals surface area contributed by atoms with E-state index < -0.39 is 0 Å². The normalized spacial score (nSPS) is 22.8. The van der Waals surface area contributed by atoms with Crippen LogP contribution in [0.4, 0.5) is 5.69 Å². The summed E-state index contributed by atoms with van der Waals surface area (Å²) in [4.78, 5) is 24.5. The van der Waals surface area contributed by atoms with Gasteiger partial charge in [-0.3, -0.25) is 9.59 Å². The first-order chi connectivity index (χ1) is 8.63. The molecule has 1 saturated carbocycles. The number of nitrogens with zero attached hydrogens (tertiary/aromatic N) is 1. The Morgan fingerprint density at radius 2 is 1.94 bits per heavy atom. The van der Waals surface area contributed by atoms with Gasteiger partial charge in [-0.15, -0.1) is 0 Å². The predicted octanol–water partition coefficient (Wildman–Crippen LogP) is 2.90. The molecule has 3 heteroatoms. The van der Waals surface area contributed by atoms with Gasteiger partial charge >= 0.3 is 0 Å². The van der Waals surface area contributed by atoms with E-state index in [1.54, 1.807) is 7.05 Å². The van der Waals surface area contributed by atoms with Gasteiger partial charge in [0.25, 0.3) is 0 Å². The highest BCUT2D eigenvalue weighted by atomic mass is 16.1. The smallest absolute Gasteiger partial charge is 0.213 e. The summed E-state index contributed by atoms with van der Waals surface area (Å²) in [5, 5.41) is 0. The molecule has 0 bridgehead atoms. The van der Waals surface area contributed by atoms with Crippen molar-refractivity contribution in [2.45, 2.75) is 26.2 Å². The van der Waals surface area contributed by atoms with E-state index in [4.69, 9.17) is 0 Å². The number of Topliss-reactive ketones (excluding diaryl/α,β-unsaturated/α-hetero) is 1. The summed E-state index contributed by atoms with van der Waals surface area (Å²) in [6, 6.07) is 7.29. The standard InChI is InChI=1S/C15H19NO2/c1-11-4-3-5-14(11)15(18)12-6-8-13(9-7-12)16(2)10-17/h6-11,14H,3-5H2,1-2H3. The molecule has 1 aromatic carbocycles. The van der Waals surface area contributed by atoms with E-state index in [-0.39, 0.29) is 11.7 Å². The second-order valence-electron chi connectivity index (χ2n) is 5.14. The van der Waals surface area contributed by atoms with Crippen LogP contribution < -0.4 is 4.90 Å². The maximum Gasteiger partial charge on any atom is 0.213 e. The summed E-state index contributed by atoms with van der Waals surface area (Å²) in [5.74, 6) is 0.926.